The van der Waals surface area contributed by atoms with Gasteiger partial charge >= 0.3 is 5.97 Å². The summed E-state index contributed by atoms with van der Waals surface area (Å²) in [5.74, 6) is 1.32. The quantitative estimate of drug-likeness (QED) is 0.238. The first-order valence-electron chi connectivity index (χ1n) is 17.2. The van der Waals surface area contributed by atoms with Crippen molar-refractivity contribution < 1.29 is 93.0 Å². The molecule has 1 spiro atoms. The number of phenolic OH excluding ortho intramolecular Hbond substituents is 3. The molecule has 0 aromatic heterocycles. The molecule has 13 nitrogen and oxygen atoms in total. The van der Waals surface area contributed by atoms with Gasteiger partial charge in [0.25, 0.3) is 0 Å². The molecule has 3 aromatic rings. The molecule has 1 radical (unpaired) electrons. The van der Waals surface area contributed by atoms with Crippen molar-refractivity contribution in [1.29, 1.82) is 0 Å². The van der Waals surface area contributed by atoms with Crippen molar-refractivity contribution in [3.05, 3.63) is 62.7 Å². The van der Waals surface area contributed by atoms with Crippen LogP contribution < -0.4 is 24.3 Å². The van der Waals surface area contributed by atoms with E-state index in [4.69, 9.17) is 23.7 Å². The van der Waals surface area contributed by atoms with Crippen molar-refractivity contribution >= 4 is 17.7 Å². The number of nitrogens with one attached hydrogen (secondary N) is 1. The molecule has 0 saturated carbocycles. The minimum Gasteiger partial charge on any atom is -0.507 e. The summed E-state index contributed by atoms with van der Waals surface area (Å²) < 4.78 is 29.5. The maximum absolute atomic E-state index is 14.6. The first kappa shape index (κ1) is 36.3. The molecule has 7 aliphatic heterocycles. The normalized spacial score (nSPS) is 30.0. The van der Waals surface area contributed by atoms with Gasteiger partial charge in [-0.25, -0.2) is 4.79 Å². The summed E-state index contributed by atoms with van der Waals surface area (Å²) in [4.78, 5) is 18.7. The zero-order valence-electron chi connectivity index (χ0n) is 29.6. The number of nitrogens with zero attached hydrogens (tertiary/aromatic N) is 2. The summed E-state index contributed by atoms with van der Waals surface area (Å²) in [6, 6.07) is 3.30. The number of esters is 1. The van der Waals surface area contributed by atoms with Gasteiger partial charge in [0.1, 0.15) is 18.6 Å². The Bertz CT molecular complexity index is 2020. The van der Waals surface area contributed by atoms with Gasteiger partial charge in [0.05, 0.1) is 37.6 Å². The molecule has 4 bridgehead atoms. The number of aliphatic hydroxyl groups excluding tert-OH is 1. The third-order valence-corrected chi connectivity index (χ3v) is 13.5. The number of hydrogen-bond donors (Lipinski definition) is 5. The molecule has 7 atom stereocenters. The van der Waals surface area contributed by atoms with E-state index in [2.05, 4.69) is 10.2 Å². The summed E-state index contributed by atoms with van der Waals surface area (Å²) in [5.41, 5.74) is 4.38. The molecule has 3 aromatic carbocycles. The topological polar surface area (TPSA) is 163 Å². The number of thioether (sulfide) groups is 1. The van der Waals surface area contributed by atoms with Crippen molar-refractivity contribution in [2.45, 2.75) is 67.9 Å². The molecule has 10 rings (SSSR count). The second kappa shape index (κ2) is 13.0. The molecule has 273 valence electrons. The van der Waals surface area contributed by atoms with E-state index >= 15 is 0 Å². The molecule has 52 heavy (non-hydrogen) atoms. The van der Waals surface area contributed by atoms with Gasteiger partial charge in [-0.05, 0) is 68.1 Å². The maximum atomic E-state index is 14.6. The first-order valence-corrected chi connectivity index (χ1v) is 18.2. The molecule has 0 aliphatic carbocycles. The van der Waals surface area contributed by atoms with Crippen LogP contribution >= 0.6 is 11.8 Å². The molecule has 7 aliphatic rings. The molecule has 7 heterocycles. The predicted octanol–water partition coefficient (Wildman–Crippen LogP) is 3.19. The standard InChI is InChI=1S/C37H41N3O10S.Ac/c1-15-8-18-9-20-35(44)40-21-12-48-36(45)37(19-11-23(46-4)22(41)10-17(19)6-7-38-37)13-51-34(26-25(21)33-32(49-14-50-33)16(2)29(26)42)28(40)27(39(20)3)24(18)30(43)31(15)47-5;/h8,10-11,20-21,27-28,34-35,38,41-44H,6-7,9,12-14H2,1-5H3;/t20?,21-,27+,28+,34+,35-,37+;/m0./s1. The number of fused-ring (bicyclic) bond motifs is 9. The van der Waals surface area contributed by atoms with Gasteiger partial charge in [-0.15, -0.1) is 11.8 Å². The van der Waals surface area contributed by atoms with Crippen LogP contribution in [0.3, 0.4) is 0 Å². The van der Waals surface area contributed by atoms with E-state index in [9.17, 15) is 25.2 Å². The Kier molecular flexibility index (Phi) is 9.08. The Morgan fingerprint density at radius 2 is 1.75 bits per heavy atom. The molecule has 0 amide bonds. The van der Waals surface area contributed by atoms with Crippen molar-refractivity contribution in [3.63, 3.8) is 0 Å². The molecular weight excluding hydrogens is 905 g/mol. The third kappa shape index (κ3) is 4.82. The van der Waals surface area contributed by atoms with E-state index in [0.29, 0.717) is 64.5 Å². The number of rotatable bonds is 2. The monoisotopic (exact) mass is 946 g/mol. The number of likely N-dealkylation sites (N-methyl/N-ethyl adjacent to an activating group) is 1. The van der Waals surface area contributed by atoms with E-state index in [0.717, 1.165) is 16.7 Å². The van der Waals surface area contributed by atoms with Crippen molar-refractivity contribution in [1.82, 2.24) is 15.1 Å². The van der Waals surface area contributed by atoms with Crippen LogP contribution in [-0.2, 0) is 27.9 Å². The van der Waals surface area contributed by atoms with Gasteiger partial charge in [0, 0.05) is 84.7 Å². The number of aliphatic hydroxyl groups is 1. The first-order chi connectivity index (χ1) is 24.5. The van der Waals surface area contributed by atoms with Crippen LogP contribution in [0.4, 0.5) is 0 Å². The minimum atomic E-state index is -1.32. The number of carbonyl (C=O) groups is 1. The van der Waals surface area contributed by atoms with Crippen LogP contribution in [0.5, 0.6) is 40.2 Å². The number of benzene rings is 3. The van der Waals surface area contributed by atoms with E-state index in [1.54, 1.807) is 26.2 Å². The number of aromatic hydroxyl groups is 3. The SMILES string of the molecule is COc1cc2c(cc1O)CCN[C@]21CS[C@@H]2c3c(O)c(C)c4c(c3[C@H](COC1=O)N1[C@@H]2[C@H]2c3c(cc(C)c(OC)c3O)CC([C@@H]1O)N2C)OCO4.[Ac]. The molecule has 2 fully saturated rings. The Balaban J connectivity index is 0.00000387. The molecule has 1 unspecified atom stereocenters. The van der Waals surface area contributed by atoms with E-state index in [1.165, 1.54) is 18.9 Å². The molecule has 2 saturated heterocycles. The summed E-state index contributed by atoms with van der Waals surface area (Å²) in [6.07, 6.45) is 0.0426. The molecule has 5 N–H and O–H groups in total. The van der Waals surface area contributed by atoms with Crippen LogP contribution in [0.2, 0.25) is 0 Å². The molecule has 15 heteroatoms. The summed E-state index contributed by atoms with van der Waals surface area (Å²) in [6.45, 7) is 3.96. The Labute approximate surface area is 341 Å². The number of hydrogen-bond acceptors (Lipinski definition) is 14. The van der Waals surface area contributed by atoms with Crippen LogP contribution in [0, 0.1) is 57.9 Å². The van der Waals surface area contributed by atoms with Crippen LogP contribution in [-0.4, -0.2) is 101 Å². The van der Waals surface area contributed by atoms with E-state index in [-0.39, 0.29) is 92.3 Å². The molecular formula is C37H41AcN3O10S. The van der Waals surface area contributed by atoms with Gasteiger partial charge in [0.15, 0.2) is 40.0 Å². The van der Waals surface area contributed by atoms with Gasteiger partial charge in [-0.2, -0.15) is 0 Å². The van der Waals surface area contributed by atoms with Gasteiger partial charge in [-0.3, -0.25) is 15.1 Å². The maximum Gasteiger partial charge on any atom is 0.331 e. The van der Waals surface area contributed by atoms with E-state index < -0.39 is 41.1 Å². The zero-order chi connectivity index (χ0) is 35.7. The summed E-state index contributed by atoms with van der Waals surface area (Å²) in [7, 11) is 4.97. The van der Waals surface area contributed by atoms with Crippen molar-refractivity contribution in [2.75, 3.05) is 47.0 Å². The smallest absolute Gasteiger partial charge is 0.331 e. The minimum absolute atomic E-state index is 0. The van der Waals surface area contributed by atoms with Crippen molar-refractivity contribution in [2.24, 2.45) is 0 Å². The fourth-order valence-corrected chi connectivity index (χ4v) is 11.4. The number of methoxy groups -OCH3 is 2. The fourth-order valence-electron chi connectivity index (χ4n) is 9.74. The Hall–Kier alpha value is -2.64. The van der Waals surface area contributed by atoms with Gasteiger partial charge in [-0.1, -0.05) is 6.07 Å². The van der Waals surface area contributed by atoms with Crippen LogP contribution in [0.25, 0.3) is 0 Å². The largest absolute Gasteiger partial charge is 0.507 e. The second-order valence-corrected chi connectivity index (χ2v) is 15.5. The average molecular weight is 947 g/mol. The number of ether oxygens (including phenoxy) is 5. The Morgan fingerprint density at radius 3 is 2.50 bits per heavy atom. The fraction of sp³-hybridized carbons (Fsp3) is 0.486. The zero-order valence-corrected chi connectivity index (χ0v) is 35.1. The predicted molar refractivity (Wildman–Crippen MR) is 185 cm³/mol. The number of phenols is 3. The summed E-state index contributed by atoms with van der Waals surface area (Å²) in [5, 5.41) is 50.1. The second-order valence-electron chi connectivity index (χ2n) is 14.4. The van der Waals surface area contributed by atoms with Crippen LogP contribution in [0.1, 0.15) is 61.8 Å². The van der Waals surface area contributed by atoms with E-state index in [1.807, 2.05) is 24.9 Å². The third-order valence-electron chi connectivity index (χ3n) is 12.0. The van der Waals surface area contributed by atoms with Gasteiger partial charge < -0.3 is 44.1 Å². The van der Waals surface area contributed by atoms with Gasteiger partial charge in [0.2, 0.25) is 6.79 Å². The number of aryl methyl sites for hydroxylation is 1. The van der Waals surface area contributed by atoms with Crippen LogP contribution in [0.15, 0.2) is 18.2 Å². The number of carbonyl (C=O) groups excluding carboxylic acids is 1. The average Bonchev–Trinajstić information content (AvgIpc) is 3.60. The van der Waals surface area contributed by atoms with Crippen molar-refractivity contribution in [3.8, 4) is 40.2 Å². The number of piperazine rings is 1. The Morgan fingerprint density at radius 1 is 0.981 bits per heavy atom. The summed E-state index contributed by atoms with van der Waals surface area (Å²) >= 11 is 1.47.